The van der Waals surface area contributed by atoms with Crippen LogP contribution in [0.1, 0.15) is 21.9 Å². The Morgan fingerprint density at radius 1 is 1.36 bits per heavy atom. The molecule has 0 saturated carbocycles. The fourth-order valence-electron chi connectivity index (χ4n) is 2.23. The summed E-state index contributed by atoms with van der Waals surface area (Å²) in [5.74, 6) is 0.577. The summed E-state index contributed by atoms with van der Waals surface area (Å²) in [4.78, 5) is 16.9. The zero-order chi connectivity index (χ0) is 15.7. The molecule has 5 nitrogen and oxygen atoms in total. The van der Waals surface area contributed by atoms with Crippen LogP contribution in [0.15, 0.2) is 42.6 Å². The number of fused-ring (bicyclic) bond motifs is 1. The number of carbonyl (C=O) groups excluding carboxylic acids is 1. The van der Waals surface area contributed by atoms with Gasteiger partial charge >= 0.3 is 135 Å². The van der Waals surface area contributed by atoms with E-state index >= 15 is 0 Å². The van der Waals surface area contributed by atoms with Crippen molar-refractivity contribution in [1.82, 2.24) is 9.38 Å². The van der Waals surface area contributed by atoms with E-state index in [1.165, 1.54) is 0 Å². The van der Waals surface area contributed by atoms with Crippen molar-refractivity contribution < 1.29 is 9.53 Å². The molecule has 2 aromatic heterocycles. The van der Waals surface area contributed by atoms with E-state index < -0.39 is 0 Å². The van der Waals surface area contributed by atoms with Gasteiger partial charge in [-0.1, -0.05) is 0 Å². The van der Waals surface area contributed by atoms with E-state index in [0.29, 0.717) is 16.8 Å². The molecule has 6 heteroatoms. The van der Waals surface area contributed by atoms with Crippen LogP contribution in [0.4, 0.5) is 0 Å². The Morgan fingerprint density at radius 3 is 2.91 bits per heavy atom. The monoisotopic (exact) mass is 351 g/mol. The molecule has 0 aliphatic carbocycles. The molecule has 106 valence electrons. The van der Waals surface area contributed by atoms with Gasteiger partial charge in [-0.3, -0.25) is 0 Å². The predicted octanol–water partition coefficient (Wildman–Crippen LogP) is 1.24. The zero-order valence-corrected chi connectivity index (χ0v) is 13.5. The quantitative estimate of drug-likeness (QED) is 0.526. The Kier molecular flexibility index (Phi) is 3.70. The summed E-state index contributed by atoms with van der Waals surface area (Å²) in [6.07, 6.45) is 1.72. The number of hydrogen-bond donors (Lipinski definition) is 0. The molecule has 0 saturated heterocycles. The number of nitrogens with zero attached hydrogens (tertiary/aromatic N) is 3. The van der Waals surface area contributed by atoms with Crippen molar-refractivity contribution in [3.8, 4) is 11.8 Å². The second kappa shape index (κ2) is 5.67. The number of ketones is 1. The number of imidazole rings is 1. The standard InChI is InChI=1S/C16H10AsN3O2/c1-22-14-8-10(5-6-11(14)17)15(21)16-19-12(9-18)13-4-2-3-7-20(13)16/h2-8H,1H3. The summed E-state index contributed by atoms with van der Waals surface area (Å²) in [6, 6.07) is 12.6. The van der Waals surface area contributed by atoms with Crippen molar-refractivity contribution in [2.24, 2.45) is 0 Å². The van der Waals surface area contributed by atoms with Crippen LogP contribution in [-0.4, -0.2) is 39.1 Å². The molecule has 2 radical (unpaired) electrons. The second-order valence-electron chi connectivity index (χ2n) is 4.57. The molecular weight excluding hydrogens is 341 g/mol. The number of carbonyl (C=O) groups is 1. The van der Waals surface area contributed by atoms with Crippen LogP contribution in [0, 0.1) is 11.3 Å². The van der Waals surface area contributed by atoms with Gasteiger partial charge in [0.2, 0.25) is 0 Å². The molecule has 0 N–H and O–H groups in total. The van der Waals surface area contributed by atoms with Crippen LogP contribution in [0.5, 0.6) is 5.75 Å². The number of nitriles is 1. The first-order valence-electron chi connectivity index (χ1n) is 6.44. The molecule has 0 unspecified atom stereocenters. The number of benzene rings is 1. The van der Waals surface area contributed by atoms with Crippen LogP contribution >= 0.6 is 0 Å². The maximum absolute atomic E-state index is 12.7. The number of ether oxygens (including phenoxy) is 1. The Bertz CT molecular complexity index is 925. The van der Waals surface area contributed by atoms with Crippen LogP contribution in [0.2, 0.25) is 0 Å². The van der Waals surface area contributed by atoms with Gasteiger partial charge in [0, 0.05) is 0 Å². The number of pyridine rings is 1. The van der Waals surface area contributed by atoms with Crippen LogP contribution in [0.3, 0.4) is 0 Å². The molecule has 0 aliphatic heterocycles. The summed E-state index contributed by atoms with van der Waals surface area (Å²) in [5.41, 5.74) is 1.32. The van der Waals surface area contributed by atoms with E-state index in [-0.39, 0.29) is 17.3 Å². The normalized spacial score (nSPS) is 10.4. The summed E-state index contributed by atoms with van der Waals surface area (Å²) in [6.45, 7) is 0. The maximum atomic E-state index is 12.7. The second-order valence-corrected chi connectivity index (χ2v) is 5.58. The summed E-state index contributed by atoms with van der Waals surface area (Å²) in [7, 11) is 1.55. The van der Waals surface area contributed by atoms with Gasteiger partial charge in [-0.05, 0) is 0 Å². The van der Waals surface area contributed by atoms with Gasteiger partial charge in [-0.25, -0.2) is 0 Å². The van der Waals surface area contributed by atoms with Crippen LogP contribution < -0.4 is 9.09 Å². The summed E-state index contributed by atoms with van der Waals surface area (Å²) < 4.78 is 7.75. The van der Waals surface area contributed by atoms with Gasteiger partial charge < -0.3 is 0 Å². The van der Waals surface area contributed by atoms with Crippen molar-refractivity contribution in [3.63, 3.8) is 0 Å². The third-order valence-electron chi connectivity index (χ3n) is 3.30. The minimum absolute atomic E-state index is 0.215. The van der Waals surface area contributed by atoms with Crippen molar-refractivity contribution in [1.29, 1.82) is 5.26 Å². The van der Waals surface area contributed by atoms with E-state index in [1.807, 2.05) is 6.07 Å². The zero-order valence-electron chi connectivity index (χ0n) is 11.6. The molecule has 0 fully saturated rings. The molecule has 3 rings (SSSR count). The first-order chi connectivity index (χ1) is 10.7. The number of rotatable bonds is 3. The average Bonchev–Trinajstić information content (AvgIpc) is 2.93. The molecule has 3 aromatic rings. The fraction of sp³-hybridized carbons (Fsp3) is 0.0625. The van der Waals surface area contributed by atoms with E-state index in [0.717, 1.165) is 4.35 Å². The van der Waals surface area contributed by atoms with Gasteiger partial charge in [0.15, 0.2) is 0 Å². The van der Waals surface area contributed by atoms with Crippen molar-refractivity contribution >= 4 is 32.5 Å². The molecule has 0 spiro atoms. The summed E-state index contributed by atoms with van der Waals surface area (Å²) in [5, 5.41) is 9.16. The van der Waals surface area contributed by atoms with Gasteiger partial charge in [0.1, 0.15) is 0 Å². The minimum atomic E-state index is -0.256. The molecule has 2 heterocycles. The van der Waals surface area contributed by atoms with E-state index in [1.54, 1.807) is 54.1 Å². The Labute approximate surface area is 135 Å². The molecule has 1 aromatic carbocycles. The van der Waals surface area contributed by atoms with Crippen molar-refractivity contribution in [2.45, 2.75) is 0 Å². The van der Waals surface area contributed by atoms with Crippen LogP contribution in [-0.2, 0) is 0 Å². The van der Waals surface area contributed by atoms with Crippen LogP contribution in [0.25, 0.3) is 5.52 Å². The molecular formula is C16H10AsN3O2. The third kappa shape index (κ3) is 2.28. The van der Waals surface area contributed by atoms with Crippen molar-refractivity contribution in [2.75, 3.05) is 7.11 Å². The number of hydrogen-bond acceptors (Lipinski definition) is 4. The molecule has 22 heavy (non-hydrogen) atoms. The topological polar surface area (TPSA) is 67.4 Å². The molecule has 0 amide bonds. The van der Waals surface area contributed by atoms with E-state index in [4.69, 9.17) is 10.00 Å². The SMILES string of the molecule is COc1cc(C(=O)c2nc(C#N)c3ccccn23)ccc1[As]. The van der Waals surface area contributed by atoms with Gasteiger partial charge in [0.25, 0.3) is 0 Å². The van der Waals surface area contributed by atoms with Crippen molar-refractivity contribution in [3.05, 3.63) is 59.7 Å². The first kappa shape index (κ1) is 14.4. The number of methoxy groups -OCH3 is 1. The number of aromatic nitrogens is 2. The average molecular weight is 351 g/mol. The molecule has 0 aliphatic rings. The van der Waals surface area contributed by atoms with E-state index in [2.05, 4.69) is 21.8 Å². The van der Waals surface area contributed by atoms with E-state index in [9.17, 15) is 4.79 Å². The summed E-state index contributed by atoms with van der Waals surface area (Å²) >= 11 is 2.39. The Morgan fingerprint density at radius 2 is 2.18 bits per heavy atom. The molecule has 0 bridgehead atoms. The van der Waals surface area contributed by atoms with Gasteiger partial charge in [-0.15, -0.1) is 0 Å². The fourth-order valence-corrected chi connectivity index (χ4v) is 2.71. The van der Waals surface area contributed by atoms with Gasteiger partial charge in [0.05, 0.1) is 0 Å². The third-order valence-corrected chi connectivity index (χ3v) is 4.07. The first-order valence-corrected chi connectivity index (χ1v) is 7.38. The predicted molar refractivity (Wildman–Crippen MR) is 81.7 cm³/mol. The van der Waals surface area contributed by atoms with Gasteiger partial charge in [-0.2, -0.15) is 0 Å². The Balaban J connectivity index is 2.16. The molecule has 0 atom stereocenters. The Hall–Kier alpha value is -2.57.